The summed E-state index contributed by atoms with van der Waals surface area (Å²) < 4.78 is 0. The van der Waals surface area contributed by atoms with Gasteiger partial charge in [0, 0.05) is 12.1 Å². The predicted molar refractivity (Wildman–Crippen MR) is 64.7 cm³/mol. The van der Waals surface area contributed by atoms with Crippen LogP contribution in [0.4, 0.5) is 0 Å². The Morgan fingerprint density at radius 1 is 1.29 bits per heavy atom. The quantitative estimate of drug-likeness (QED) is 0.664. The molecular weight excluding hydrogens is 220 g/mol. The third kappa shape index (κ3) is 4.00. The molecule has 0 aromatic rings. The fourth-order valence-electron chi connectivity index (χ4n) is 1.75. The highest BCUT2D eigenvalue weighted by Crippen LogP contribution is 2.40. The SMILES string of the molecule is CC(C)(C)NCC(=O)NCC1(C(=O)O)CCC1. The van der Waals surface area contributed by atoms with E-state index in [0.29, 0.717) is 12.8 Å². The van der Waals surface area contributed by atoms with Crippen LogP contribution in [-0.4, -0.2) is 35.6 Å². The minimum Gasteiger partial charge on any atom is -0.481 e. The van der Waals surface area contributed by atoms with Gasteiger partial charge < -0.3 is 15.7 Å². The standard InChI is InChI=1S/C12H22N2O3/c1-11(2,3)14-7-9(15)13-8-12(10(16)17)5-4-6-12/h14H,4-8H2,1-3H3,(H,13,15)(H,16,17). The average molecular weight is 242 g/mol. The Labute approximate surface area is 102 Å². The number of carbonyl (C=O) groups excluding carboxylic acids is 1. The Morgan fingerprint density at radius 2 is 1.88 bits per heavy atom. The summed E-state index contributed by atoms with van der Waals surface area (Å²) in [7, 11) is 0. The maximum absolute atomic E-state index is 11.5. The van der Waals surface area contributed by atoms with Crippen molar-refractivity contribution in [2.75, 3.05) is 13.1 Å². The van der Waals surface area contributed by atoms with Crippen LogP contribution in [-0.2, 0) is 9.59 Å². The number of hydrogen-bond acceptors (Lipinski definition) is 3. The van der Waals surface area contributed by atoms with Gasteiger partial charge in [-0.3, -0.25) is 9.59 Å². The summed E-state index contributed by atoms with van der Waals surface area (Å²) in [6.07, 6.45) is 2.26. The van der Waals surface area contributed by atoms with Crippen molar-refractivity contribution in [3.8, 4) is 0 Å². The van der Waals surface area contributed by atoms with E-state index in [1.807, 2.05) is 20.8 Å². The van der Waals surface area contributed by atoms with Gasteiger partial charge in [-0.2, -0.15) is 0 Å². The van der Waals surface area contributed by atoms with E-state index < -0.39 is 11.4 Å². The summed E-state index contributed by atoms with van der Waals surface area (Å²) in [6, 6.07) is 0. The molecule has 1 rings (SSSR count). The van der Waals surface area contributed by atoms with Gasteiger partial charge in [0.25, 0.3) is 0 Å². The number of amides is 1. The summed E-state index contributed by atoms with van der Waals surface area (Å²) in [5.41, 5.74) is -0.824. The number of aliphatic carboxylic acids is 1. The van der Waals surface area contributed by atoms with Crippen molar-refractivity contribution < 1.29 is 14.7 Å². The lowest BCUT2D eigenvalue weighted by molar-refractivity contribution is -0.154. The molecule has 0 radical (unpaired) electrons. The van der Waals surface area contributed by atoms with E-state index in [4.69, 9.17) is 5.11 Å². The average Bonchev–Trinajstić information content (AvgIpc) is 2.11. The van der Waals surface area contributed by atoms with Crippen LogP contribution in [0, 0.1) is 5.41 Å². The molecule has 0 saturated heterocycles. The molecule has 0 unspecified atom stereocenters. The zero-order chi connectivity index (χ0) is 13.1. The van der Waals surface area contributed by atoms with E-state index in [1.54, 1.807) is 0 Å². The lowest BCUT2D eigenvalue weighted by Crippen LogP contribution is -2.50. The summed E-state index contributed by atoms with van der Waals surface area (Å²) in [5.74, 6) is -0.944. The molecule has 17 heavy (non-hydrogen) atoms. The zero-order valence-corrected chi connectivity index (χ0v) is 10.8. The molecule has 0 aliphatic heterocycles. The van der Waals surface area contributed by atoms with Gasteiger partial charge in [0.05, 0.1) is 12.0 Å². The van der Waals surface area contributed by atoms with Crippen LogP contribution in [0.15, 0.2) is 0 Å². The molecule has 3 N–H and O–H groups in total. The lowest BCUT2D eigenvalue weighted by atomic mass is 9.69. The Balaban J connectivity index is 2.30. The van der Waals surface area contributed by atoms with Crippen LogP contribution in [0.5, 0.6) is 0 Å². The van der Waals surface area contributed by atoms with Gasteiger partial charge in [-0.05, 0) is 33.6 Å². The largest absolute Gasteiger partial charge is 0.481 e. The molecule has 0 spiro atoms. The van der Waals surface area contributed by atoms with Crippen LogP contribution in [0.25, 0.3) is 0 Å². The molecule has 5 nitrogen and oxygen atoms in total. The molecule has 1 fully saturated rings. The van der Waals surface area contributed by atoms with Crippen molar-refractivity contribution in [3.05, 3.63) is 0 Å². The van der Waals surface area contributed by atoms with Gasteiger partial charge in [0.1, 0.15) is 0 Å². The second-order valence-electron chi connectivity index (χ2n) is 5.82. The number of carbonyl (C=O) groups is 2. The molecular formula is C12H22N2O3. The fraction of sp³-hybridized carbons (Fsp3) is 0.833. The topological polar surface area (TPSA) is 78.4 Å². The normalized spacial score (nSPS) is 18.3. The van der Waals surface area contributed by atoms with E-state index in [0.717, 1.165) is 6.42 Å². The minimum absolute atomic E-state index is 0.113. The minimum atomic E-state index is -0.798. The van der Waals surface area contributed by atoms with Crippen molar-refractivity contribution in [3.63, 3.8) is 0 Å². The van der Waals surface area contributed by atoms with Gasteiger partial charge >= 0.3 is 5.97 Å². The number of rotatable bonds is 5. The van der Waals surface area contributed by atoms with Gasteiger partial charge in [-0.25, -0.2) is 0 Å². The third-order valence-corrected chi connectivity index (χ3v) is 3.17. The Hall–Kier alpha value is -1.10. The lowest BCUT2D eigenvalue weighted by Gasteiger charge is -2.37. The van der Waals surface area contributed by atoms with E-state index in [-0.39, 0.29) is 24.5 Å². The summed E-state index contributed by atoms with van der Waals surface area (Å²) in [4.78, 5) is 22.6. The Bertz CT molecular complexity index is 303. The second kappa shape index (κ2) is 5.04. The van der Waals surface area contributed by atoms with Gasteiger partial charge in [0.15, 0.2) is 0 Å². The Morgan fingerprint density at radius 3 is 2.24 bits per heavy atom. The highest BCUT2D eigenvalue weighted by Gasteiger charge is 2.44. The highest BCUT2D eigenvalue weighted by atomic mass is 16.4. The van der Waals surface area contributed by atoms with E-state index in [9.17, 15) is 9.59 Å². The number of nitrogens with one attached hydrogen (secondary N) is 2. The molecule has 1 aliphatic carbocycles. The monoisotopic (exact) mass is 242 g/mol. The molecule has 0 bridgehead atoms. The van der Waals surface area contributed by atoms with Crippen LogP contribution in [0.3, 0.4) is 0 Å². The molecule has 0 aromatic carbocycles. The second-order valence-corrected chi connectivity index (χ2v) is 5.82. The number of hydrogen-bond donors (Lipinski definition) is 3. The van der Waals surface area contributed by atoms with Gasteiger partial charge in [0.2, 0.25) is 5.91 Å². The summed E-state index contributed by atoms with van der Waals surface area (Å²) >= 11 is 0. The summed E-state index contributed by atoms with van der Waals surface area (Å²) in [5, 5.41) is 14.8. The van der Waals surface area contributed by atoms with E-state index >= 15 is 0 Å². The molecule has 1 aliphatic rings. The number of carboxylic acids is 1. The predicted octanol–water partition coefficient (Wildman–Crippen LogP) is 0.746. The van der Waals surface area contributed by atoms with Crippen molar-refractivity contribution >= 4 is 11.9 Å². The first kappa shape index (κ1) is 14.0. The molecule has 5 heteroatoms. The molecule has 1 saturated carbocycles. The van der Waals surface area contributed by atoms with Crippen molar-refractivity contribution in [2.24, 2.45) is 5.41 Å². The first-order valence-corrected chi connectivity index (χ1v) is 6.00. The molecule has 0 atom stereocenters. The fourth-order valence-corrected chi connectivity index (χ4v) is 1.75. The highest BCUT2D eigenvalue weighted by molar-refractivity contribution is 5.80. The number of carboxylic acid groups (broad SMARTS) is 1. The van der Waals surface area contributed by atoms with Crippen LogP contribution in [0.1, 0.15) is 40.0 Å². The van der Waals surface area contributed by atoms with Crippen molar-refractivity contribution in [2.45, 2.75) is 45.6 Å². The van der Waals surface area contributed by atoms with Crippen LogP contribution < -0.4 is 10.6 Å². The van der Waals surface area contributed by atoms with Crippen LogP contribution in [0.2, 0.25) is 0 Å². The van der Waals surface area contributed by atoms with E-state index in [2.05, 4.69) is 10.6 Å². The smallest absolute Gasteiger partial charge is 0.311 e. The molecule has 0 aromatic heterocycles. The summed E-state index contributed by atoms with van der Waals surface area (Å²) in [6.45, 7) is 6.40. The molecule has 98 valence electrons. The maximum Gasteiger partial charge on any atom is 0.311 e. The van der Waals surface area contributed by atoms with Crippen LogP contribution >= 0.6 is 0 Å². The third-order valence-electron chi connectivity index (χ3n) is 3.17. The zero-order valence-electron chi connectivity index (χ0n) is 10.8. The molecule has 1 amide bonds. The Kier molecular flexibility index (Phi) is 4.14. The maximum atomic E-state index is 11.5. The van der Waals surface area contributed by atoms with Gasteiger partial charge in [-0.1, -0.05) is 6.42 Å². The van der Waals surface area contributed by atoms with E-state index in [1.165, 1.54) is 0 Å². The van der Waals surface area contributed by atoms with Crippen molar-refractivity contribution in [1.82, 2.24) is 10.6 Å². The van der Waals surface area contributed by atoms with Crippen molar-refractivity contribution in [1.29, 1.82) is 0 Å². The first-order chi connectivity index (χ1) is 7.75. The van der Waals surface area contributed by atoms with Gasteiger partial charge in [-0.15, -0.1) is 0 Å². The first-order valence-electron chi connectivity index (χ1n) is 6.00. The molecule has 0 heterocycles.